The molecule has 0 saturated heterocycles. The second-order valence-electron chi connectivity index (χ2n) is 6.72. The summed E-state index contributed by atoms with van der Waals surface area (Å²) >= 11 is 1.58. The van der Waals surface area contributed by atoms with E-state index in [9.17, 15) is 20.1 Å². The molecule has 1 heterocycles. The van der Waals surface area contributed by atoms with Gasteiger partial charge in [-0.1, -0.05) is 18.2 Å². The standard InChI is InChI=1S/C20H22O6S.CH2O3/c21-14-6-3-13(4-7-14)5-8-19(23)26-18-11-15(10-17(22)20(18)24)25-12-16-2-1-9-27-16;2-1(3)4/h1-9,15,17-18,20-22,24H,10-12H2;(H2,2,3,4)/b8-5+;/t15-,17-,18+,20+;/m0./s1. The average Bonchev–Trinajstić information content (AvgIpc) is 3.23. The van der Waals surface area contributed by atoms with Gasteiger partial charge in [-0.2, -0.15) is 0 Å². The third-order valence-electron chi connectivity index (χ3n) is 4.39. The normalized spacial score (nSPS) is 23.0. The first kappa shape index (κ1) is 24.4. The lowest BCUT2D eigenvalue weighted by atomic mass is 9.89. The van der Waals surface area contributed by atoms with E-state index in [1.165, 1.54) is 18.2 Å². The van der Waals surface area contributed by atoms with E-state index < -0.39 is 30.4 Å². The van der Waals surface area contributed by atoms with Gasteiger partial charge in [-0.05, 0) is 35.2 Å². The van der Waals surface area contributed by atoms with Crippen LogP contribution in [0.4, 0.5) is 4.79 Å². The molecule has 1 fully saturated rings. The van der Waals surface area contributed by atoms with Crippen LogP contribution in [0.15, 0.2) is 47.9 Å². The van der Waals surface area contributed by atoms with Gasteiger partial charge in [0.2, 0.25) is 0 Å². The molecule has 5 N–H and O–H groups in total. The molecule has 1 saturated carbocycles. The summed E-state index contributed by atoms with van der Waals surface area (Å²) in [6.45, 7) is 0.423. The first-order valence-corrected chi connectivity index (χ1v) is 10.2. The van der Waals surface area contributed by atoms with E-state index in [0.29, 0.717) is 19.4 Å². The number of esters is 1. The number of rotatable bonds is 6. The Balaban J connectivity index is 0.000000785. The lowest BCUT2D eigenvalue weighted by molar-refractivity contribution is -0.171. The van der Waals surface area contributed by atoms with Crippen LogP contribution in [-0.4, -0.2) is 62.1 Å². The van der Waals surface area contributed by atoms with Crippen molar-refractivity contribution in [1.29, 1.82) is 0 Å². The molecule has 1 aromatic carbocycles. The average molecular weight is 452 g/mol. The molecule has 1 aliphatic carbocycles. The maximum absolute atomic E-state index is 12.1. The summed E-state index contributed by atoms with van der Waals surface area (Å²) in [6, 6.07) is 10.3. The van der Waals surface area contributed by atoms with E-state index in [4.69, 9.17) is 24.5 Å². The highest BCUT2D eigenvalue weighted by molar-refractivity contribution is 7.09. The Bertz CT molecular complexity index is 844. The van der Waals surface area contributed by atoms with Crippen molar-refractivity contribution in [2.45, 2.75) is 43.9 Å². The van der Waals surface area contributed by atoms with Crippen molar-refractivity contribution in [3.05, 3.63) is 58.3 Å². The molecule has 0 aliphatic heterocycles. The van der Waals surface area contributed by atoms with Crippen LogP contribution in [0.5, 0.6) is 5.75 Å². The second kappa shape index (κ2) is 12.1. The number of carbonyl (C=O) groups excluding carboxylic acids is 1. The van der Waals surface area contributed by atoms with Gasteiger partial charge in [-0.15, -0.1) is 11.3 Å². The van der Waals surface area contributed by atoms with Gasteiger partial charge in [-0.3, -0.25) is 0 Å². The van der Waals surface area contributed by atoms with Gasteiger partial charge in [0, 0.05) is 23.8 Å². The first-order chi connectivity index (χ1) is 14.7. The SMILES string of the molecule is O=C(/C=C/c1ccc(O)cc1)O[C@@H]1C[C@@H](OCc2cccs2)C[C@H](O)[C@H]1O.O=C(O)O. The number of hydrogen-bond donors (Lipinski definition) is 5. The maximum atomic E-state index is 12.1. The van der Waals surface area contributed by atoms with Gasteiger partial charge >= 0.3 is 12.1 Å². The number of aliphatic hydroxyl groups is 2. The van der Waals surface area contributed by atoms with Crippen molar-refractivity contribution in [3.8, 4) is 5.75 Å². The Labute approximate surface area is 182 Å². The summed E-state index contributed by atoms with van der Waals surface area (Å²) in [5, 5.41) is 45.4. The van der Waals surface area contributed by atoms with Crippen LogP contribution >= 0.6 is 11.3 Å². The van der Waals surface area contributed by atoms with E-state index in [1.54, 1.807) is 29.5 Å². The molecule has 3 rings (SSSR count). The Hall–Kier alpha value is -2.92. The topological polar surface area (TPSA) is 154 Å². The quantitative estimate of drug-likeness (QED) is 0.329. The number of phenolic OH excluding ortho intramolecular Hbond substituents is 1. The first-order valence-electron chi connectivity index (χ1n) is 9.34. The molecule has 31 heavy (non-hydrogen) atoms. The summed E-state index contributed by atoms with van der Waals surface area (Å²) in [5.74, 6) is -0.471. The molecule has 9 nitrogen and oxygen atoms in total. The predicted molar refractivity (Wildman–Crippen MR) is 112 cm³/mol. The summed E-state index contributed by atoms with van der Waals surface area (Å²) < 4.78 is 11.1. The number of carbonyl (C=O) groups is 2. The Morgan fingerprint density at radius 2 is 1.77 bits per heavy atom. The van der Waals surface area contributed by atoms with Gasteiger partial charge in [0.1, 0.15) is 18.0 Å². The molecule has 1 aliphatic rings. The van der Waals surface area contributed by atoms with Crippen LogP contribution in [0.3, 0.4) is 0 Å². The number of hydrogen-bond acceptors (Lipinski definition) is 8. The van der Waals surface area contributed by atoms with Crippen molar-refractivity contribution >= 4 is 29.5 Å². The third-order valence-corrected chi connectivity index (χ3v) is 5.24. The van der Waals surface area contributed by atoms with E-state index in [2.05, 4.69) is 0 Å². The fourth-order valence-electron chi connectivity index (χ4n) is 2.94. The number of carboxylic acid groups (broad SMARTS) is 2. The monoisotopic (exact) mass is 452 g/mol. The molecule has 0 unspecified atom stereocenters. The van der Waals surface area contributed by atoms with Crippen LogP contribution in [-0.2, 0) is 20.9 Å². The zero-order valence-electron chi connectivity index (χ0n) is 16.4. The lowest BCUT2D eigenvalue weighted by Gasteiger charge is -2.35. The highest BCUT2D eigenvalue weighted by atomic mass is 32.1. The number of ether oxygens (including phenoxy) is 2. The molecule has 2 aromatic rings. The fraction of sp³-hybridized carbons (Fsp3) is 0.333. The molecular weight excluding hydrogens is 428 g/mol. The zero-order valence-corrected chi connectivity index (χ0v) is 17.2. The lowest BCUT2D eigenvalue weighted by Crippen LogP contribution is -2.48. The Morgan fingerprint density at radius 1 is 1.10 bits per heavy atom. The fourth-order valence-corrected chi connectivity index (χ4v) is 3.56. The molecule has 0 bridgehead atoms. The Morgan fingerprint density at radius 3 is 2.39 bits per heavy atom. The van der Waals surface area contributed by atoms with Crippen molar-refractivity contribution < 1.29 is 44.6 Å². The van der Waals surface area contributed by atoms with E-state index >= 15 is 0 Å². The van der Waals surface area contributed by atoms with E-state index in [-0.39, 0.29) is 11.9 Å². The van der Waals surface area contributed by atoms with Crippen molar-refractivity contribution in [2.24, 2.45) is 0 Å². The molecule has 10 heteroatoms. The molecule has 4 atom stereocenters. The van der Waals surface area contributed by atoms with E-state index in [1.807, 2.05) is 17.5 Å². The highest BCUT2D eigenvalue weighted by Gasteiger charge is 2.38. The van der Waals surface area contributed by atoms with Gasteiger partial charge in [0.15, 0.2) is 0 Å². The highest BCUT2D eigenvalue weighted by Crippen LogP contribution is 2.26. The van der Waals surface area contributed by atoms with Gasteiger partial charge < -0.3 is 35.0 Å². The zero-order chi connectivity index (χ0) is 22.8. The van der Waals surface area contributed by atoms with Crippen LogP contribution in [0, 0.1) is 0 Å². The molecule has 0 spiro atoms. The summed E-state index contributed by atoms with van der Waals surface area (Å²) in [7, 11) is 0. The van der Waals surface area contributed by atoms with Crippen molar-refractivity contribution in [2.75, 3.05) is 0 Å². The maximum Gasteiger partial charge on any atom is 0.503 e. The minimum atomic E-state index is -1.83. The van der Waals surface area contributed by atoms with Crippen molar-refractivity contribution in [3.63, 3.8) is 0 Å². The summed E-state index contributed by atoms with van der Waals surface area (Å²) in [6.07, 6.45) is -1.70. The van der Waals surface area contributed by atoms with Gasteiger partial charge in [0.25, 0.3) is 0 Å². The van der Waals surface area contributed by atoms with Gasteiger partial charge in [-0.25, -0.2) is 9.59 Å². The summed E-state index contributed by atoms with van der Waals surface area (Å²) in [4.78, 5) is 21.7. The molecule has 168 valence electrons. The van der Waals surface area contributed by atoms with Crippen LogP contribution in [0.1, 0.15) is 23.3 Å². The molecular formula is C21H24O9S. The second-order valence-corrected chi connectivity index (χ2v) is 7.76. The number of thiophene rings is 1. The minimum Gasteiger partial charge on any atom is -0.508 e. The number of aromatic hydroxyl groups is 1. The van der Waals surface area contributed by atoms with Crippen LogP contribution in [0.2, 0.25) is 0 Å². The number of benzene rings is 1. The van der Waals surface area contributed by atoms with Crippen LogP contribution in [0.25, 0.3) is 6.08 Å². The van der Waals surface area contributed by atoms with E-state index in [0.717, 1.165) is 10.4 Å². The minimum absolute atomic E-state index is 0.141. The smallest absolute Gasteiger partial charge is 0.503 e. The third kappa shape index (κ3) is 8.77. The Kier molecular flexibility index (Phi) is 9.47. The van der Waals surface area contributed by atoms with Crippen molar-refractivity contribution in [1.82, 2.24) is 0 Å². The summed E-state index contributed by atoms with van der Waals surface area (Å²) in [5.41, 5.74) is 0.728. The number of phenols is 1. The molecule has 0 radical (unpaired) electrons. The predicted octanol–water partition coefficient (Wildman–Crippen LogP) is 2.70. The van der Waals surface area contributed by atoms with Crippen LogP contribution < -0.4 is 0 Å². The molecule has 1 aromatic heterocycles. The largest absolute Gasteiger partial charge is 0.508 e. The molecule has 0 amide bonds. The number of aliphatic hydroxyl groups excluding tert-OH is 2. The van der Waals surface area contributed by atoms with Gasteiger partial charge in [0.05, 0.1) is 18.8 Å².